The summed E-state index contributed by atoms with van der Waals surface area (Å²) in [6.07, 6.45) is 3.27. The number of aliphatic hydroxyl groups is 1. The number of nitrogens with zero attached hydrogens (tertiary/aromatic N) is 2. The minimum absolute atomic E-state index is 0.0349. The minimum Gasteiger partial charge on any atom is -0.507 e. The predicted octanol–water partition coefficient (Wildman–Crippen LogP) is 5.60. The lowest BCUT2D eigenvalue weighted by atomic mass is 9.95. The van der Waals surface area contributed by atoms with E-state index in [1.54, 1.807) is 80.2 Å². The van der Waals surface area contributed by atoms with Gasteiger partial charge in [0.1, 0.15) is 23.9 Å². The molecule has 5 rings (SSSR count). The van der Waals surface area contributed by atoms with Crippen LogP contribution in [-0.4, -0.2) is 33.8 Å². The fourth-order valence-electron chi connectivity index (χ4n) is 4.69. The number of aryl methyl sites for hydroxylation is 1. The lowest BCUT2D eigenvalue weighted by molar-refractivity contribution is -0.140. The van der Waals surface area contributed by atoms with Crippen molar-refractivity contribution in [3.8, 4) is 11.5 Å². The molecule has 39 heavy (non-hydrogen) atoms. The fourth-order valence-corrected chi connectivity index (χ4v) is 4.69. The van der Waals surface area contributed by atoms with Crippen LogP contribution in [0.1, 0.15) is 33.9 Å². The van der Waals surface area contributed by atoms with Gasteiger partial charge in [0.25, 0.3) is 11.7 Å². The number of methoxy groups -OCH3 is 1. The molecule has 7 heteroatoms. The Hall–Kier alpha value is -4.91. The Bertz CT molecular complexity index is 1510. The van der Waals surface area contributed by atoms with Gasteiger partial charge in [-0.2, -0.15) is 0 Å². The molecular formula is C32H28N2O5. The van der Waals surface area contributed by atoms with Gasteiger partial charge in [-0.1, -0.05) is 42.0 Å². The minimum atomic E-state index is -0.777. The summed E-state index contributed by atoms with van der Waals surface area (Å²) < 4.78 is 11.2. The molecule has 1 aliphatic heterocycles. The van der Waals surface area contributed by atoms with Gasteiger partial charge in [0.05, 0.1) is 18.7 Å². The Balaban J connectivity index is 1.47. The molecule has 0 aliphatic carbocycles. The molecule has 1 aliphatic rings. The molecule has 1 saturated heterocycles. The van der Waals surface area contributed by atoms with E-state index in [1.165, 1.54) is 4.90 Å². The smallest absolute Gasteiger partial charge is 0.295 e. The Morgan fingerprint density at radius 3 is 2.26 bits per heavy atom. The van der Waals surface area contributed by atoms with Crippen molar-refractivity contribution in [2.24, 2.45) is 0 Å². The van der Waals surface area contributed by atoms with E-state index in [9.17, 15) is 14.7 Å². The molecule has 1 amide bonds. The lowest BCUT2D eigenvalue weighted by Gasteiger charge is -2.25. The Morgan fingerprint density at radius 1 is 0.897 bits per heavy atom. The molecular weight excluding hydrogens is 492 g/mol. The van der Waals surface area contributed by atoms with Crippen LogP contribution >= 0.6 is 0 Å². The quantitative estimate of drug-likeness (QED) is 0.185. The van der Waals surface area contributed by atoms with Crippen molar-refractivity contribution in [3.63, 3.8) is 0 Å². The van der Waals surface area contributed by atoms with Crippen molar-refractivity contribution in [1.82, 2.24) is 9.88 Å². The van der Waals surface area contributed by atoms with Crippen molar-refractivity contribution in [2.75, 3.05) is 7.11 Å². The maximum atomic E-state index is 13.3. The predicted molar refractivity (Wildman–Crippen MR) is 147 cm³/mol. The van der Waals surface area contributed by atoms with E-state index < -0.39 is 17.7 Å². The monoisotopic (exact) mass is 520 g/mol. The SMILES string of the molecule is COc1ccc([C@@H]2/C(=C(\O)c3ccc(OCc4cccc(C)c4)cc3)C(=O)C(=O)N2Cc2ccncc2)cc1. The molecule has 196 valence electrons. The van der Waals surface area contributed by atoms with Crippen LogP contribution in [0.3, 0.4) is 0 Å². The number of carbonyl (C=O) groups excluding carboxylic acids is 2. The van der Waals surface area contributed by atoms with Crippen molar-refractivity contribution in [3.05, 3.63) is 131 Å². The van der Waals surface area contributed by atoms with Crippen LogP contribution in [0.25, 0.3) is 5.76 Å². The molecule has 4 aromatic rings. The summed E-state index contributed by atoms with van der Waals surface area (Å²) in [6.45, 7) is 2.62. The number of hydrogen-bond donors (Lipinski definition) is 1. The fraction of sp³-hybridized carbons (Fsp3) is 0.156. The molecule has 0 bridgehead atoms. The van der Waals surface area contributed by atoms with Gasteiger partial charge in [-0.05, 0) is 72.1 Å². The Morgan fingerprint density at radius 2 is 1.59 bits per heavy atom. The summed E-state index contributed by atoms with van der Waals surface area (Å²) in [5.41, 5.74) is 4.16. The standard InChI is InChI=1S/C32H28N2O5/c1-21-4-3-5-23(18-21)20-39-27-12-8-25(9-13-27)30(35)28-29(24-6-10-26(38-2)11-7-24)34(32(37)31(28)36)19-22-14-16-33-17-15-22/h3-18,29,35H,19-20H2,1-2H3/b30-28+/t29-/m1/s1. The van der Waals surface area contributed by atoms with Gasteiger partial charge in [-0.3, -0.25) is 14.6 Å². The number of carbonyl (C=O) groups is 2. The first kappa shape index (κ1) is 25.7. The molecule has 3 aromatic carbocycles. The summed E-state index contributed by atoms with van der Waals surface area (Å²) >= 11 is 0. The molecule has 7 nitrogen and oxygen atoms in total. The topological polar surface area (TPSA) is 89.0 Å². The summed E-state index contributed by atoms with van der Waals surface area (Å²) in [5, 5.41) is 11.4. The van der Waals surface area contributed by atoms with Crippen LogP contribution in [0.15, 0.2) is 103 Å². The molecule has 0 saturated carbocycles. The maximum Gasteiger partial charge on any atom is 0.295 e. The number of aromatic nitrogens is 1. The summed E-state index contributed by atoms with van der Waals surface area (Å²) in [7, 11) is 1.57. The number of rotatable bonds is 8. The number of benzene rings is 3. The largest absolute Gasteiger partial charge is 0.507 e. The third-order valence-corrected chi connectivity index (χ3v) is 6.69. The molecule has 1 atom stereocenters. The van der Waals surface area contributed by atoms with Crippen LogP contribution in [0.5, 0.6) is 11.5 Å². The second-order valence-electron chi connectivity index (χ2n) is 9.36. The lowest BCUT2D eigenvalue weighted by Crippen LogP contribution is -2.29. The molecule has 1 N–H and O–H groups in total. The number of likely N-dealkylation sites (tertiary alicyclic amines) is 1. The van der Waals surface area contributed by atoms with Gasteiger partial charge in [-0.15, -0.1) is 0 Å². The normalized spacial score (nSPS) is 16.4. The number of hydrogen-bond acceptors (Lipinski definition) is 6. The zero-order valence-electron chi connectivity index (χ0n) is 21.7. The van der Waals surface area contributed by atoms with E-state index >= 15 is 0 Å². The van der Waals surface area contributed by atoms with Crippen molar-refractivity contribution >= 4 is 17.4 Å². The van der Waals surface area contributed by atoms with Crippen LogP contribution in [-0.2, 0) is 22.7 Å². The van der Waals surface area contributed by atoms with E-state index in [0.717, 1.165) is 16.7 Å². The highest BCUT2D eigenvalue weighted by atomic mass is 16.5. The second kappa shape index (κ2) is 11.2. The van der Waals surface area contributed by atoms with Crippen molar-refractivity contribution in [1.29, 1.82) is 0 Å². The van der Waals surface area contributed by atoms with Gasteiger partial charge >= 0.3 is 0 Å². The molecule has 1 aromatic heterocycles. The summed E-state index contributed by atoms with van der Waals surface area (Å²) in [4.78, 5) is 32.0. The van der Waals surface area contributed by atoms with Gasteiger partial charge < -0.3 is 19.5 Å². The first-order valence-electron chi connectivity index (χ1n) is 12.5. The van der Waals surface area contributed by atoms with Crippen LogP contribution in [0, 0.1) is 6.92 Å². The Kier molecular flexibility index (Phi) is 7.41. The number of ether oxygens (including phenoxy) is 2. The summed E-state index contributed by atoms with van der Waals surface area (Å²) in [5.74, 6) is -0.380. The number of amides is 1. The maximum absolute atomic E-state index is 13.3. The summed E-state index contributed by atoms with van der Waals surface area (Å²) in [6, 6.07) is 24.8. The average molecular weight is 521 g/mol. The molecule has 2 heterocycles. The number of pyridine rings is 1. The highest BCUT2D eigenvalue weighted by molar-refractivity contribution is 6.46. The Labute approximate surface area is 227 Å². The number of aliphatic hydroxyl groups excluding tert-OH is 1. The van der Waals surface area contributed by atoms with E-state index in [-0.39, 0.29) is 17.9 Å². The van der Waals surface area contributed by atoms with E-state index in [1.807, 2.05) is 25.1 Å². The van der Waals surface area contributed by atoms with Gasteiger partial charge in [0.15, 0.2) is 0 Å². The number of Topliss-reactive ketones (excluding diaryl/α,β-unsaturated/α-hetero) is 1. The van der Waals surface area contributed by atoms with Gasteiger partial charge in [-0.25, -0.2) is 0 Å². The first-order valence-corrected chi connectivity index (χ1v) is 12.5. The third kappa shape index (κ3) is 5.52. The zero-order chi connectivity index (χ0) is 27.4. The zero-order valence-corrected chi connectivity index (χ0v) is 21.7. The van der Waals surface area contributed by atoms with Crippen LogP contribution in [0.2, 0.25) is 0 Å². The second-order valence-corrected chi connectivity index (χ2v) is 9.36. The van der Waals surface area contributed by atoms with E-state index in [4.69, 9.17) is 9.47 Å². The van der Waals surface area contributed by atoms with Gasteiger partial charge in [0, 0.05) is 24.5 Å². The molecule has 1 fully saturated rings. The van der Waals surface area contributed by atoms with E-state index in [0.29, 0.717) is 29.2 Å². The van der Waals surface area contributed by atoms with Crippen molar-refractivity contribution in [2.45, 2.75) is 26.1 Å². The first-order chi connectivity index (χ1) is 18.9. The molecule has 0 radical (unpaired) electrons. The van der Waals surface area contributed by atoms with Crippen LogP contribution in [0.4, 0.5) is 0 Å². The molecule has 0 unspecified atom stereocenters. The average Bonchev–Trinajstić information content (AvgIpc) is 3.21. The number of ketones is 1. The highest BCUT2D eigenvalue weighted by Crippen LogP contribution is 2.40. The van der Waals surface area contributed by atoms with Crippen LogP contribution < -0.4 is 9.47 Å². The third-order valence-electron chi connectivity index (χ3n) is 6.69. The van der Waals surface area contributed by atoms with E-state index in [2.05, 4.69) is 11.1 Å². The molecule has 0 spiro atoms. The van der Waals surface area contributed by atoms with Crippen molar-refractivity contribution < 1.29 is 24.2 Å². The highest BCUT2D eigenvalue weighted by Gasteiger charge is 2.46. The van der Waals surface area contributed by atoms with Gasteiger partial charge in [0.2, 0.25) is 0 Å².